The molecule has 2 N–H and O–H groups in total. The van der Waals surface area contributed by atoms with Crippen molar-refractivity contribution in [2.45, 2.75) is 6.42 Å². The normalized spacial score (nSPS) is 10.2. The van der Waals surface area contributed by atoms with Crippen LogP contribution in [0.3, 0.4) is 0 Å². The van der Waals surface area contributed by atoms with Crippen LogP contribution in [0, 0.1) is 5.82 Å². The molecule has 3 aromatic carbocycles. The number of benzene rings is 3. The number of ether oxygens (including phenoxy) is 1. The zero-order valence-electron chi connectivity index (χ0n) is 16.6. The van der Waals surface area contributed by atoms with Gasteiger partial charge in [-0.1, -0.05) is 42.5 Å². The van der Waals surface area contributed by atoms with Crippen molar-refractivity contribution in [2.24, 2.45) is 0 Å². The van der Waals surface area contributed by atoms with E-state index in [1.165, 1.54) is 18.2 Å². The molecule has 0 unspecified atom stereocenters. The molecule has 0 aliphatic heterocycles. The highest BCUT2D eigenvalue weighted by Crippen LogP contribution is 2.17. The minimum atomic E-state index is -0.724. The van der Waals surface area contributed by atoms with E-state index in [4.69, 9.17) is 4.74 Å². The molecule has 0 radical (unpaired) electrons. The Labute approximate surface area is 179 Å². The molecular formula is C24H21FN2O4. The molecule has 158 valence electrons. The van der Waals surface area contributed by atoms with Crippen LogP contribution < -0.4 is 10.6 Å². The fraction of sp³-hybridized carbons (Fsp3) is 0.125. The molecule has 0 bridgehead atoms. The lowest BCUT2D eigenvalue weighted by Gasteiger charge is -2.11. The second kappa shape index (κ2) is 10.7. The van der Waals surface area contributed by atoms with Gasteiger partial charge in [0, 0.05) is 12.1 Å². The van der Waals surface area contributed by atoms with E-state index in [1.54, 1.807) is 60.7 Å². The van der Waals surface area contributed by atoms with Crippen LogP contribution in [0.4, 0.5) is 10.1 Å². The van der Waals surface area contributed by atoms with E-state index < -0.39 is 18.5 Å². The Bertz CT molecular complexity index is 1050. The topological polar surface area (TPSA) is 84.5 Å². The predicted octanol–water partition coefficient (Wildman–Crippen LogP) is 3.59. The first-order valence-corrected chi connectivity index (χ1v) is 9.66. The largest absolute Gasteiger partial charge is 0.452 e. The minimum absolute atomic E-state index is 0.144. The van der Waals surface area contributed by atoms with Crippen molar-refractivity contribution in [1.29, 1.82) is 0 Å². The molecule has 0 saturated carbocycles. The van der Waals surface area contributed by atoms with Gasteiger partial charge in [0.1, 0.15) is 5.82 Å². The SMILES string of the molecule is O=C(COC(=O)c1ccccc1NC(=O)c1ccccc1)NCCc1ccc(F)cc1. The van der Waals surface area contributed by atoms with E-state index in [9.17, 15) is 18.8 Å². The lowest BCUT2D eigenvalue weighted by molar-refractivity contribution is -0.124. The number of halogens is 1. The predicted molar refractivity (Wildman–Crippen MR) is 114 cm³/mol. The van der Waals surface area contributed by atoms with Crippen LogP contribution in [0.5, 0.6) is 0 Å². The zero-order valence-corrected chi connectivity index (χ0v) is 16.6. The summed E-state index contributed by atoms with van der Waals surface area (Å²) in [4.78, 5) is 36.7. The minimum Gasteiger partial charge on any atom is -0.452 e. The number of rotatable bonds is 8. The van der Waals surface area contributed by atoms with Gasteiger partial charge in [0.05, 0.1) is 11.3 Å². The van der Waals surface area contributed by atoms with Crippen molar-refractivity contribution in [3.63, 3.8) is 0 Å². The number of para-hydroxylation sites is 1. The lowest BCUT2D eigenvalue weighted by atomic mass is 10.1. The molecule has 6 nitrogen and oxygen atoms in total. The molecule has 0 atom stereocenters. The fourth-order valence-corrected chi connectivity index (χ4v) is 2.81. The van der Waals surface area contributed by atoms with Crippen molar-refractivity contribution in [3.05, 3.63) is 101 Å². The van der Waals surface area contributed by atoms with E-state index in [0.717, 1.165) is 5.56 Å². The number of esters is 1. The molecule has 0 aromatic heterocycles. The van der Waals surface area contributed by atoms with Crippen LogP contribution in [0.2, 0.25) is 0 Å². The third kappa shape index (κ3) is 6.50. The summed E-state index contributed by atoms with van der Waals surface area (Å²) in [5.74, 6) is -1.86. The zero-order chi connectivity index (χ0) is 22.1. The van der Waals surface area contributed by atoms with Crippen LogP contribution in [-0.2, 0) is 16.0 Å². The first-order chi connectivity index (χ1) is 15.0. The molecule has 2 amide bonds. The molecule has 0 aliphatic carbocycles. The van der Waals surface area contributed by atoms with Gasteiger partial charge in [0.15, 0.2) is 6.61 Å². The van der Waals surface area contributed by atoms with Gasteiger partial charge in [-0.2, -0.15) is 0 Å². The number of hydrogen-bond donors (Lipinski definition) is 2. The Morgan fingerprint density at radius 1 is 0.839 bits per heavy atom. The maximum atomic E-state index is 12.9. The van der Waals surface area contributed by atoms with Crippen LogP contribution in [-0.4, -0.2) is 30.9 Å². The quantitative estimate of drug-likeness (QED) is 0.546. The number of carbonyl (C=O) groups excluding carboxylic acids is 3. The second-order valence-electron chi connectivity index (χ2n) is 6.67. The highest BCUT2D eigenvalue weighted by molar-refractivity contribution is 6.08. The van der Waals surface area contributed by atoms with Crippen molar-refractivity contribution < 1.29 is 23.5 Å². The molecule has 3 rings (SSSR count). The second-order valence-corrected chi connectivity index (χ2v) is 6.67. The van der Waals surface area contributed by atoms with Gasteiger partial charge >= 0.3 is 5.97 Å². The first-order valence-electron chi connectivity index (χ1n) is 9.66. The van der Waals surface area contributed by atoms with Gasteiger partial charge in [-0.3, -0.25) is 9.59 Å². The van der Waals surface area contributed by atoms with Crippen molar-refractivity contribution in [1.82, 2.24) is 5.32 Å². The van der Waals surface area contributed by atoms with Gasteiger partial charge in [-0.05, 0) is 48.4 Å². The molecule has 3 aromatic rings. The highest BCUT2D eigenvalue weighted by Gasteiger charge is 2.16. The van der Waals surface area contributed by atoms with E-state index in [2.05, 4.69) is 10.6 Å². The maximum Gasteiger partial charge on any atom is 0.340 e. The summed E-state index contributed by atoms with van der Waals surface area (Å²) in [6.07, 6.45) is 0.522. The first kappa shape index (κ1) is 21.7. The summed E-state index contributed by atoms with van der Waals surface area (Å²) in [5, 5.41) is 5.33. The third-order valence-electron chi connectivity index (χ3n) is 4.41. The average Bonchev–Trinajstić information content (AvgIpc) is 2.79. The summed E-state index contributed by atoms with van der Waals surface area (Å²) >= 11 is 0. The van der Waals surface area contributed by atoms with Gasteiger partial charge in [-0.25, -0.2) is 9.18 Å². The van der Waals surface area contributed by atoms with E-state index in [-0.39, 0.29) is 23.0 Å². The third-order valence-corrected chi connectivity index (χ3v) is 4.41. The summed E-state index contributed by atoms with van der Waals surface area (Å²) in [7, 11) is 0. The Morgan fingerprint density at radius 2 is 1.52 bits per heavy atom. The number of carbonyl (C=O) groups is 3. The molecule has 0 spiro atoms. The Balaban J connectivity index is 1.50. The Hall–Kier alpha value is -4.00. The van der Waals surface area contributed by atoms with E-state index in [1.807, 2.05) is 0 Å². The lowest BCUT2D eigenvalue weighted by Crippen LogP contribution is -2.30. The van der Waals surface area contributed by atoms with Crippen molar-refractivity contribution >= 4 is 23.5 Å². The number of hydrogen-bond acceptors (Lipinski definition) is 4. The van der Waals surface area contributed by atoms with Crippen LogP contribution in [0.1, 0.15) is 26.3 Å². The van der Waals surface area contributed by atoms with Crippen molar-refractivity contribution in [2.75, 3.05) is 18.5 Å². The Morgan fingerprint density at radius 3 is 2.26 bits per heavy atom. The molecule has 7 heteroatoms. The van der Waals surface area contributed by atoms with Gasteiger partial charge in [0.2, 0.25) is 0 Å². The molecule has 0 fully saturated rings. The van der Waals surface area contributed by atoms with E-state index in [0.29, 0.717) is 18.5 Å². The summed E-state index contributed by atoms with van der Waals surface area (Å²) in [6.45, 7) is -0.130. The number of anilines is 1. The number of amides is 2. The standard InChI is InChI=1S/C24H21FN2O4/c25-19-12-10-17(11-13-19)14-15-26-22(28)16-31-24(30)20-8-4-5-9-21(20)27-23(29)18-6-2-1-3-7-18/h1-13H,14-16H2,(H,26,28)(H,27,29). The maximum absolute atomic E-state index is 12.9. The monoisotopic (exact) mass is 420 g/mol. The summed E-state index contributed by atoms with van der Waals surface area (Å²) in [6, 6.07) is 21.0. The van der Waals surface area contributed by atoms with Gasteiger partial charge in [-0.15, -0.1) is 0 Å². The van der Waals surface area contributed by atoms with Crippen LogP contribution in [0.15, 0.2) is 78.9 Å². The summed E-state index contributed by atoms with van der Waals surface area (Å²) < 4.78 is 18.0. The van der Waals surface area contributed by atoms with Crippen LogP contribution >= 0.6 is 0 Å². The highest BCUT2D eigenvalue weighted by atomic mass is 19.1. The molecule has 0 heterocycles. The number of nitrogens with one attached hydrogen (secondary N) is 2. The molecular weight excluding hydrogens is 399 g/mol. The van der Waals surface area contributed by atoms with Gasteiger partial charge in [0.25, 0.3) is 11.8 Å². The average molecular weight is 420 g/mol. The smallest absolute Gasteiger partial charge is 0.340 e. The summed E-state index contributed by atoms with van der Waals surface area (Å²) in [5.41, 5.74) is 1.76. The molecule has 31 heavy (non-hydrogen) atoms. The molecule has 0 saturated heterocycles. The Kier molecular flexibility index (Phi) is 7.48. The van der Waals surface area contributed by atoms with Crippen LogP contribution in [0.25, 0.3) is 0 Å². The van der Waals surface area contributed by atoms with E-state index >= 15 is 0 Å². The van der Waals surface area contributed by atoms with Gasteiger partial charge < -0.3 is 15.4 Å². The fourth-order valence-electron chi connectivity index (χ4n) is 2.81. The molecule has 0 aliphatic rings. The van der Waals surface area contributed by atoms with Crippen molar-refractivity contribution in [3.8, 4) is 0 Å².